The van der Waals surface area contributed by atoms with Gasteiger partial charge in [0.05, 0.1) is 12.2 Å². The van der Waals surface area contributed by atoms with Crippen LogP contribution in [0.15, 0.2) is 6.07 Å². The molecule has 0 spiro atoms. The Morgan fingerprint density at radius 2 is 2.15 bits per heavy atom. The molecular weight excluding hydrogens is 162 g/mol. The van der Waals surface area contributed by atoms with Crippen molar-refractivity contribution in [3.8, 4) is 0 Å². The zero-order valence-corrected chi connectivity index (χ0v) is 8.96. The summed E-state index contributed by atoms with van der Waals surface area (Å²) in [5.74, 6) is 0. The Morgan fingerprint density at radius 1 is 1.46 bits per heavy atom. The number of hydrogen-bond donors (Lipinski definition) is 1. The van der Waals surface area contributed by atoms with Crippen molar-refractivity contribution < 1.29 is 0 Å². The molecule has 0 unspecified atom stereocenters. The van der Waals surface area contributed by atoms with Crippen molar-refractivity contribution in [1.82, 2.24) is 15.1 Å². The molecule has 0 fully saturated rings. The number of aryl methyl sites for hydroxylation is 2. The second-order valence-electron chi connectivity index (χ2n) is 3.76. The van der Waals surface area contributed by atoms with Gasteiger partial charge in [0.2, 0.25) is 0 Å². The van der Waals surface area contributed by atoms with Gasteiger partial charge in [-0.3, -0.25) is 4.68 Å². The van der Waals surface area contributed by atoms with Crippen LogP contribution in [0.1, 0.15) is 25.2 Å². The number of nitrogens with zero attached hydrogens (tertiary/aromatic N) is 2. The molecule has 1 heterocycles. The molecule has 0 aromatic carbocycles. The first-order valence-electron chi connectivity index (χ1n) is 4.84. The maximum absolute atomic E-state index is 4.38. The predicted octanol–water partition coefficient (Wildman–Crippen LogP) is 1.50. The zero-order chi connectivity index (χ0) is 9.84. The van der Waals surface area contributed by atoms with Crippen LogP contribution in [0.4, 0.5) is 0 Å². The van der Waals surface area contributed by atoms with Crippen LogP contribution in [0.2, 0.25) is 0 Å². The summed E-state index contributed by atoms with van der Waals surface area (Å²) in [5, 5.41) is 7.75. The zero-order valence-electron chi connectivity index (χ0n) is 8.96. The van der Waals surface area contributed by atoms with Crippen molar-refractivity contribution >= 4 is 0 Å². The molecule has 0 saturated heterocycles. The number of rotatable bonds is 4. The third-order valence-electron chi connectivity index (χ3n) is 1.98. The molecule has 1 aromatic heterocycles. The lowest BCUT2D eigenvalue weighted by Crippen LogP contribution is -2.27. The largest absolute Gasteiger partial charge is 0.313 e. The first-order chi connectivity index (χ1) is 6.09. The van der Waals surface area contributed by atoms with E-state index in [2.05, 4.69) is 37.3 Å². The first-order valence-corrected chi connectivity index (χ1v) is 4.84. The van der Waals surface area contributed by atoms with Crippen molar-refractivity contribution in [3.05, 3.63) is 17.5 Å². The summed E-state index contributed by atoms with van der Waals surface area (Å²) in [6, 6.07) is 2.66. The third kappa shape index (κ3) is 3.19. The van der Waals surface area contributed by atoms with E-state index in [0.717, 1.165) is 18.8 Å². The van der Waals surface area contributed by atoms with Crippen LogP contribution in [0.5, 0.6) is 0 Å². The second kappa shape index (κ2) is 4.42. The average molecular weight is 181 g/mol. The maximum Gasteiger partial charge on any atom is 0.0596 e. The highest BCUT2D eigenvalue weighted by Crippen LogP contribution is 2.00. The van der Waals surface area contributed by atoms with Gasteiger partial charge in [0.15, 0.2) is 0 Å². The van der Waals surface area contributed by atoms with Gasteiger partial charge in [-0.05, 0) is 19.9 Å². The minimum absolute atomic E-state index is 0.553. The molecule has 0 saturated carbocycles. The van der Waals surface area contributed by atoms with Crippen molar-refractivity contribution in [2.24, 2.45) is 0 Å². The Labute approximate surface area is 80.1 Å². The molecule has 0 aliphatic heterocycles. The van der Waals surface area contributed by atoms with Gasteiger partial charge in [-0.15, -0.1) is 0 Å². The highest BCUT2D eigenvalue weighted by Gasteiger charge is 1.99. The lowest BCUT2D eigenvalue weighted by atomic mass is 10.4. The highest BCUT2D eigenvalue weighted by atomic mass is 15.3. The molecule has 0 aliphatic carbocycles. The molecule has 3 nitrogen and oxygen atoms in total. The minimum atomic E-state index is 0.553. The van der Waals surface area contributed by atoms with Crippen molar-refractivity contribution in [1.29, 1.82) is 0 Å². The fourth-order valence-electron chi connectivity index (χ4n) is 1.36. The normalized spacial score (nSPS) is 11.2. The molecule has 3 heteroatoms. The Bertz CT molecular complexity index is 263. The average Bonchev–Trinajstić information content (AvgIpc) is 2.29. The molecule has 0 atom stereocenters. The van der Waals surface area contributed by atoms with Crippen LogP contribution < -0.4 is 5.32 Å². The van der Waals surface area contributed by atoms with Gasteiger partial charge in [0.1, 0.15) is 0 Å². The third-order valence-corrected chi connectivity index (χ3v) is 1.98. The van der Waals surface area contributed by atoms with Crippen molar-refractivity contribution in [3.63, 3.8) is 0 Å². The van der Waals surface area contributed by atoms with Gasteiger partial charge >= 0.3 is 0 Å². The van der Waals surface area contributed by atoms with Gasteiger partial charge < -0.3 is 5.32 Å². The van der Waals surface area contributed by atoms with Crippen LogP contribution in [0.25, 0.3) is 0 Å². The summed E-state index contributed by atoms with van der Waals surface area (Å²) in [6.45, 7) is 10.4. The van der Waals surface area contributed by atoms with Crippen LogP contribution in [0.3, 0.4) is 0 Å². The molecule has 0 radical (unpaired) electrons. The van der Waals surface area contributed by atoms with Crippen molar-refractivity contribution in [2.75, 3.05) is 6.54 Å². The molecule has 1 aromatic rings. The van der Waals surface area contributed by atoms with E-state index >= 15 is 0 Å². The lowest BCUT2D eigenvalue weighted by Gasteiger charge is -2.08. The lowest BCUT2D eigenvalue weighted by molar-refractivity contribution is 0.507. The van der Waals surface area contributed by atoms with Crippen LogP contribution in [0, 0.1) is 13.8 Å². The molecule has 0 amide bonds. The summed E-state index contributed by atoms with van der Waals surface area (Å²) >= 11 is 0. The van der Waals surface area contributed by atoms with Gasteiger partial charge in [0.25, 0.3) is 0 Å². The molecular formula is C10H19N3. The van der Waals surface area contributed by atoms with Gasteiger partial charge in [-0.25, -0.2) is 0 Å². The standard InChI is InChI=1S/C10H19N3/c1-8(2)11-5-6-13-10(4)7-9(3)12-13/h7-8,11H,5-6H2,1-4H3. The van der Waals surface area contributed by atoms with Gasteiger partial charge in [-0.2, -0.15) is 5.10 Å². The molecule has 1 N–H and O–H groups in total. The minimum Gasteiger partial charge on any atom is -0.313 e. The van der Waals surface area contributed by atoms with Crippen molar-refractivity contribution in [2.45, 2.75) is 40.3 Å². The molecule has 74 valence electrons. The predicted molar refractivity (Wildman–Crippen MR) is 54.8 cm³/mol. The number of hydrogen-bond acceptors (Lipinski definition) is 2. The van der Waals surface area contributed by atoms with E-state index in [-0.39, 0.29) is 0 Å². The van der Waals surface area contributed by atoms with Crippen LogP contribution in [-0.4, -0.2) is 22.4 Å². The fourth-order valence-corrected chi connectivity index (χ4v) is 1.36. The molecule has 0 aliphatic rings. The van der Waals surface area contributed by atoms with Gasteiger partial charge in [-0.1, -0.05) is 13.8 Å². The second-order valence-corrected chi connectivity index (χ2v) is 3.76. The number of nitrogens with one attached hydrogen (secondary N) is 1. The van der Waals surface area contributed by atoms with E-state index in [1.807, 2.05) is 11.6 Å². The maximum atomic E-state index is 4.38. The summed E-state index contributed by atoms with van der Waals surface area (Å²) in [5.41, 5.74) is 2.34. The van der Waals surface area contributed by atoms with E-state index in [0.29, 0.717) is 6.04 Å². The topological polar surface area (TPSA) is 29.9 Å². The summed E-state index contributed by atoms with van der Waals surface area (Å²) < 4.78 is 2.05. The van der Waals surface area contributed by atoms with E-state index in [1.165, 1.54) is 5.69 Å². The van der Waals surface area contributed by atoms with E-state index < -0.39 is 0 Å². The quantitative estimate of drug-likeness (QED) is 0.763. The van der Waals surface area contributed by atoms with E-state index in [9.17, 15) is 0 Å². The van der Waals surface area contributed by atoms with E-state index in [1.54, 1.807) is 0 Å². The monoisotopic (exact) mass is 181 g/mol. The summed E-state index contributed by atoms with van der Waals surface area (Å²) in [6.07, 6.45) is 0. The van der Waals surface area contributed by atoms with Crippen LogP contribution in [-0.2, 0) is 6.54 Å². The Balaban J connectivity index is 2.40. The summed E-state index contributed by atoms with van der Waals surface area (Å²) in [7, 11) is 0. The smallest absolute Gasteiger partial charge is 0.0596 e. The molecule has 13 heavy (non-hydrogen) atoms. The first kappa shape index (κ1) is 10.3. The molecule has 0 bridgehead atoms. The number of aromatic nitrogens is 2. The SMILES string of the molecule is Cc1cc(C)n(CCNC(C)C)n1. The Hall–Kier alpha value is -0.830. The van der Waals surface area contributed by atoms with E-state index in [4.69, 9.17) is 0 Å². The molecule has 1 rings (SSSR count). The Kier molecular flexibility index (Phi) is 3.48. The van der Waals surface area contributed by atoms with Gasteiger partial charge in [0, 0.05) is 18.3 Å². The highest BCUT2D eigenvalue weighted by molar-refractivity contribution is 5.06. The summed E-state index contributed by atoms with van der Waals surface area (Å²) in [4.78, 5) is 0. The fraction of sp³-hybridized carbons (Fsp3) is 0.700. The van der Waals surface area contributed by atoms with Crippen LogP contribution >= 0.6 is 0 Å². The Morgan fingerprint density at radius 3 is 2.62 bits per heavy atom.